The fourth-order valence-corrected chi connectivity index (χ4v) is 4.53. The Bertz CT molecular complexity index is 835. The number of nitrogens with one attached hydrogen (secondary N) is 2. The van der Waals surface area contributed by atoms with Crippen LogP contribution in [0.15, 0.2) is 43.0 Å². The number of allylic oxidation sites excluding steroid dienone is 1. The van der Waals surface area contributed by atoms with E-state index in [4.69, 9.17) is 4.74 Å². The smallest absolute Gasteiger partial charge is 0.407 e. The van der Waals surface area contributed by atoms with Crippen LogP contribution in [0.25, 0.3) is 0 Å². The molecular formula is C29H45N3O4. The molecule has 1 aliphatic rings. The average Bonchev–Trinajstić information content (AvgIpc) is 3.12. The van der Waals surface area contributed by atoms with Gasteiger partial charge in [-0.25, -0.2) is 4.79 Å². The topological polar surface area (TPSA) is 87.7 Å². The highest BCUT2D eigenvalue weighted by atomic mass is 16.6. The lowest BCUT2D eigenvalue weighted by Crippen LogP contribution is -2.42. The van der Waals surface area contributed by atoms with Crippen molar-refractivity contribution < 1.29 is 19.1 Å². The van der Waals surface area contributed by atoms with Gasteiger partial charge < -0.3 is 20.3 Å². The van der Waals surface area contributed by atoms with Gasteiger partial charge in [0.15, 0.2) is 0 Å². The lowest BCUT2D eigenvalue weighted by Gasteiger charge is -2.25. The molecule has 0 aliphatic carbocycles. The maximum absolute atomic E-state index is 13.0. The van der Waals surface area contributed by atoms with E-state index < -0.39 is 11.7 Å². The van der Waals surface area contributed by atoms with E-state index in [1.165, 1.54) is 5.56 Å². The van der Waals surface area contributed by atoms with Crippen LogP contribution in [-0.2, 0) is 20.7 Å². The SMILES string of the molecule is C=CCC[C@@H]1C[C@@H](CNC(=O)CCCCCNC(=O)OC(C)(C)C)N(CCCc2ccccc2)C1=O. The van der Waals surface area contributed by atoms with E-state index in [0.717, 1.165) is 51.4 Å². The molecule has 0 unspecified atom stereocenters. The molecule has 1 aromatic carbocycles. The number of likely N-dealkylation sites (tertiary alicyclic amines) is 1. The van der Waals surface area contributed by atoms with Crippen LogP contribution in [0.1, 0.15) is 77.7 Å². The molecule has 1 heterocycles. The number of hydrogen-bond acceptors (Lipinski definition) is 4. The molecule has 1 fully saturated rings. The third kappa shape index (κ3) is 11.3. The molecule has 2 N–H and O–H groups in total. The van der Waals surface area contributed by atoms with Crippen molar-refractivity contribution in [3.8, 4) is 0 Å². The molecule has 2 rings (SSSR count). The molecule has 2 atom stereocenters. The van der Waals surface area contributed by atoms with Crippen LogP contribution in [-0.4, -0.2) is 54.1 Å². The van der Waals surface area contributed by atoms with E-state index in [2.05, 4.69) is 29.3 Å². The zero-order chi connectivity index (χ0) is 26.4. The summed E-state index contributed by atoms with van der Waals surface area (Å²) in [6.45, 7) is 11.0. The second-order valence-electron chi connectivity index (χ2n) is 10.6. The Hall–Kier alpha value is -2.83. The molecule has 36 heavy (non-hydrogen) atoms. The number of alkyl carbamates (subject to hydrolysis) is 1. The van der Waals surface area contributed by atoms with E-state index in [9.17, 15) is 14.4 Å². The van der Waals surface area contributed by atoms with Crippen molar-refractivity contribution in [2.24, 2.45) is 5.92 Å². The summed E-state index contributed by atoms with van der Waals surface area (Å²) in [5.41, 5.74) is 0.772. The van der Waals surface area contributed by atoms with Gasteiger partial charge in [-0.1, -0.05) is 42.8 Å². The van der Waals surface area contributed by atoms with Gasteiger partial charge in [-0.15, -0.1) is 6.58 Å². The van der Waals surface area contributed by atoms with Crippen LogP contribution >= 0.6 is 0 Å². The number of ether oxygens (including phenoxy) is 1. The fraction of sp³-hybridized carbons (Fsp3) is 0.621. The molecule has 200 valence electrons. The van der Waals surface area contributed by atoms with Crippen molar-refractivity contribution in [1.82, 2.24) is 15.5 Å². The van der Waals surface area contributed by atoms with Gasteiger partial charge in [0.25, 0.3) is 0 Å². The molecule has 1 aromatic rings. The number of unbranched alkanes of at least 4 members (excludes halogenated alkanes) is 2. The van der Waals surface area contributed by atoms with Gasteiger partial charge in [-0.2, -0.15) is 0 Å². The second kappa shape index (κ2) is 15.3. The summed E-state index contributed by atoms with van der Waals surface area (Å²) >= 11 is 0. The summed E-state index contributed by atoms with van der Waals surface area (Å²) in [6.07, 6.45) is 8.58. The van der Waals surface area contributed by atoms with Crippen molar-refractivity contribution in [3.05, 3.63) is 48.6 Å². The van der Waals surface area contributed by atoms with Crippen LogP contribution in [0, 0.1) is 5.92 Å². The molecule has 7 nitrogen and oxygen atoms in total. The van der Waals surface area contributed by atoms with Gasteiger partial charge in [0.2, 0.25) is 11.8 Å². The molecule has 7 heteroatoms. The van der Waals surface area contributed by atoms with E-state index in [1.54, 1.807) is 0 Å². The van der Waals surface area contributed by atoms with Gasteiger partial charge in [-0.3, -0.25) is 9.59 Å². The Morgan fingerprint density at radius 3 is 2.56 bits per heavy atom. The predicted molar refractivity (Wildman–Crippen MR) is 144 cm³/mol. The number of nitrogens with zero attached hydrogens (tertiary/aromatic N) is 1. The van der Waals surface area contributed by atoms with Gasteiger partial charge >= 0.3 is 6.09 Å². The lowest BCUT2D eigenvalue weighted by atomic mass is 9.99. The van der Waals surface area contributed by atoms with Gasteiger partial charge in [-0.05, 0) is 71.3 Å². The Morgan fingerprint density at radius 2 is 1.86 bits per heavy atom. The number of rotatable bonds is 15. The van der Waals surface area contributed by atoms with Crippen LogP contribution < -0.4 is 10.6 Å². The summed E-state index contributed by atoms with van der Waals surface area (Å²) in [4.78, 5) is 39.1. The Morgan fingerprint density at radius 1 is 1.11 bits per heavy atom. The van der Waals surface area contributed by atoms with Crippen molar-refractivity contribution in [3.63, 3.8) is 0 Å². The Kier molecular flexibility index (Phi) is 12.5. The van der Waals surface area contributed by atoms with E-state index in [0.29, 0.717) is 26.1 Å². The van der Waals surface area contributed by atoms with Crippen molar-refractivity contribution in [2.45, 2.75) is 90.2 Å². The monoisotopic (exact) mass is 499 g/mol. The average molecular weight is 500 g/mol. The second-order valence-corrected chi connectivity index (χ2v) is 10.6. The Balaban J connectivity index is 1.70. The van der Waals surface area contributed by atoms with E-state index in [-0.39, 0.29) is 23.8 Å². The minimum atomic E-state index is -0.505. The van der Waals surface area contributed by atoms with Gasteiger partial charge in [0.1, 0.15) is 5.60 Å². The van der Waals surface area contributed by atoms with Crippen LogP contribution in [0.4, 0.5) is 4.79 Å². The maximum atomic E-state index is 13.0. The van der Waals surface area contributed by atoms with Gasteiger partial charge in [0.05, 0.1) is 0 Å². The molecule has 1 aliphatic heterocycles. The number of carbonyl (C=O) groups is 3. The van der Waals surface area contributed by atoms with Crippen molar-refractivity contribution >= 4 is 17.9 Å². The number of hydrogen-bond donors (Lipinski definition) is 2. The molecule has 0 saturated carbocycles. The number of amides is 3. The first-order valence-electron chi connectivity index (χ1n) is 13.4. The normalized spacial score (nSPS) is 17.6. The van der Waals surface area contributed by atoms with Crippen molar-refractivity contribution in [1.29, 1.82) is 0 Å². The molecule has 3 amide bonds. The fourth-order valence-electron chi connectivity index (χ4n) is 4.53. The molecule has 0 radical (unpaired) electrons. The molecule has 0 spiro atoms. The summed E-state index contributed by atoms with van der Waals surface area (Å²) in [7, 11) is 0. The third-order valence-electron chi connectivity index (χ3n) is 6.34. The first-order valence-corrected chi connectivity index (χ1v) is 13.4. The highest BCUT2D eigenvalue weighted by Gasteiger charge is 2.38. The minimum absolute atomic E-state index is 0.0131. The van der Waals surface area contributed by atoms with Crippen LogP contribution in [0.3, 0.4) is 0 Å². The van der Waals surface area contributed by atoms with E-state index in [1.807, 2.05) is 49.9 Å². The largest absolute Gasteiger partial charge is 0.444 e. The molecule has 0 bridgehead atoms. The lowest BCUT2D eigenvalue weighted by molar-refractivity contribution is -0.132. The number of carbonyl (C=O) groups excluding carboxylic acids is 3. The maximum Gasteiger partial charge on any atom is 0.407 e. The zero-order valence-corrected chi connectivity index (χ0v) is 22.4. The number of benzene rings is 1. The highest BCUT2D eigenvalue weighted by molar-refractivity contribution is 5.82. The molecule has 0 aromatic heterocycles. The highest BCUT2D eigenvalue weighted by Crippen LogP contribution is 2.28. The minimum Gasteiger partial charge on any atom is -0.444 e. The summed E-state index contributed by atoms with van der Waals surface area (Å²) in [5.74, 6) is 0.238. The van der Waals surface area contributed by atoms with Crippen LogP contribution in [0.5, 0.6) is 0 Å². The van der Waals surface area contributed by atoms with Gasteiger partial charge in [0, 0.05) is 38.0 Å². The number of aryl methyl sites for hydroxylation is 1. The van der Waals surface area contributed by atoms with Crippen molar-refractivity contribution in [2.75, 3.05) is 19.6 Å². The summed E-state index contributed by atoms with van der Waals surface area (Å²) < 4.78 is 5.21. The quantitative estimate of drug-likeness (QED) is 0.262. The first kappa shape index (κ1) is 29.4. The first-order chi connectivity index (χ1) is 17.2. The Labute approximate surface area is 217 Å². The van der Waals surface area contributed by atoms with Crippen LogP contribution in [0.2, 0.25) is 0 Å². The third-order valence-corrected chi connectivity index (χ3v) is 6.34. The predicted octanol–water partition coefficient (Wildman–Crippen LogP) is 5.00. The molecule has 1 saturated heterocycles. The standard InChI is InChI=1S/C29H45N3O4/c1-5-6-17-24-21-25(32(27(24)34)20-13-16-23-14-9-7-10-15-23)22-31-26(33)18-11-8-12-19-30-28(35)36-29(2,3)4/h5,7,9-10,14-15,24-25H,1,6,8,11-13,16-22H2,2-4H3,(H,30,35)(H,31,33)/t24-,25+/m1/s1. The molecular weight excluding hydrogens is 454 g/mol. The summed E-state index contributed by atoms with van der Waals surface area (Å²) in [6, 6.07) is 10.4. The zero-order valence-electron chi connectivity index (χ0n) is 22.4. The summed E-state index contributed by atoms with van der Waals surface area (Å²) in [5, 5.41) is 5.79. The van der Waals surface area contributed by atoms with E-state index >= 15 is 0 Å².